The molecule has 0 saturated heterocycles. The molecule has 2 heterocycles. The Bertz CT molecular complexity index is 562. The monoisotopic (exact) mass is 248 g/mol. The zero-order valence-electron chi connectivity index (χ0n) is 9.51. The molecule has 88 valence electrons. The zero-order chi connectivity index (χ0) is 12.4. The largest absolute Gasteiger partial charge is 0.388 e. The average Bonchev–Trinajstić information content (AvgIpc) is 2.58. The molecule has 0 fully saturated rings. The van der Waals surface area contributed by atoms with Crippen LogP contribution < -0.4 is 11.1 Å². The lowest BCUT2D eigenvalue weighted by molar-refractivity contribution is 0.764. The molecule has 0 unspecified atom stereocenters. The summed E-state index contributed by atoms with van der Waals surface area (Å²) < 4.78 is 1.72. The molecule has 2 rings (SSSR count). The van der Waals surface area contributed by atoms with Crippen LogP contribution >= 0.6 is 12.2 Å². The highest BCUT2D eigenvalue weighted by Gasteiger charge is 2.10. The second-order valence-electron chi connectivity index (χ2n) is 3.54. The third kappa shape index (κ3) is 2.39. The normalized spacial score (nSPS) is 10.2. The SMILES string of the molecule is Cc1cc(Nc2nccnc2C(N)=S)n(C)n1. The maximum absolute atomic E-state index is 5.58. The summed E-state index contributed by atoms with van der Waals surface area (Å²) in [5.74, 6) is 1.34. The molecular weight excluding hydrogens is 236 g/mol. The fourth-order valence-electron chi connectivity index (χ4n) is 1.46. The van der Waals surface area contributed by atoms with E-state index in [9.17, 15) is 0 Å². The zero-order valence-corrected chi connectivity index (χ0v) is 10.3. The minimum atomic E-state index is 0.208. The first-order valence-electron chi connectivity index (χ1n) is 4.96. The summed E-state index contributed by atoms with van der Waals surface area (Å²) in [6.45, 7) is 1.91. The molecule has 0 bridgehead atoms. The first-order chi connectivity index (χ1) is 8.08. The fourth-order valence-corrected chi connectivity index (χ4v) is 1.61. The van der Waals surface area contributed by atoms with E-state index < -0.39 is 0 Å². The van der Waals surface area contributed by atoms with E-state index in [2.05, 4.69) is 20.4 Å². The highest BCUT2D eigenvalue weighted by Crippen LogP contribution is 2.16. The van der Waals surface area contributed by atoms with Crippen molar-refractivity contribution in [2.24, 2.45) is 12.8 Å². The van der Waals surface area contributed by atoms with Crippen LogP contribution in [0.3, 0.4) is 0 Å². The van der Waals surface area contributed by atoms with Gasteiger partial charge in [-0.3, -0.25) is 4.68 Å². The van der Waals surface area contributed by atoms with E-state index in [1.807, 2.05) is 20.0 Å². The molecule has 0 radical (unpaired) electrons. The Kier molecular flexibility index (Phi) is 3.01. The van der Waals surface area contributed by atoms with Gasteiger partial charge in [-0.2, -0.15) is 5.10 Å². The minimum absolute atomic E-state index is 0.208. The van der Waals surface area contributed by atoms with Crippen molar-refractivity contribution in [2.45, 2.75) is 6.92 Å². The van der Waals surface area contributed by atoms with Gasteiger partial charge in [-0.25, -0.2) is 9.97 Å². The summed E-state index contributed by atoms with van der Waals surface area (Å²) in [5, 5.41) is 7.33. The van der Waals surface area contributed by atoms with Crippen LogP contribution in [-0.2, 0) is 7.05 Å². The van der Waals surface area contributed by atoms with Crippen LogP contribution in [0.4, 0.5) is 11.6 Å². The molecule has 0 saturated carbocycles. The highest BCUT2D eigenvalue weighted by molar-refractivity contribution is 7.80. The quantitative estimate of drug-likeness (QED) is 0.785. The van der Waals surface area contributed by atoms with Crippen LogP contribution in [0.5, 0.6) is 0 Å². The average molecular weight is 248 g/mol. The van der Waals surface area contributed by atoms with Gasteiger partial charge in [0, 0.05) is 25.5 Å². The number of anilines is 2. The number of rotatable bonds is 3. The smallest absolute Gasteiger partial charge is 0.160 e. The van der Waals surface area contributed by atoms with Gasteiger partial charge in [0.2, 0.25) is 0 Å². The predicted molar refractivity (Wildman–Crippen MR) is 69.1 cm³/mol. The third-order valence-electron chi connectivity index (χ3n) is 2.18. The number of thiocarbonyl (C=S) groups is 1. The van der Waals surface area contributed by atoms with E-state index in [1.54, 1.807) is 17.1 Å². The van der Waals surface area contributed by atoms with Crippen LogP contribution in [0.2, 0.25) is 0 Å². The molecule has 0 atom stereocenters. The molecule has 0 aromatic carbocycles. The van der Waals surface area contributed by atoms with Crippen molar-refractivity contribution in [3.8, 4) is 0 Å². The summed E-state index contributed by atoms with van der Waals surface area (Å²) in [6.07, 6.45) is 3.13. The third-order valence-corrected chi connectivity index (χ3v) is 2.37. The fraction of sp³-hybridized carbons (Fsp3) is 0.200. The molecule has 2 aromatic heterocycles. The van der Waals surface area contributed by atoms with Gasteiger partial charge in [-0.15, -0.1) is 0 Å². The molecular formula is C10H12N6S. The van der Waals surface area contributed by atoms with Crippen LogP contribution in [0.25, 0.3) is 0 Å². The van der Waals surface area contributed by atoms with E-state index in [-0.39, 0.29) is 4.99 Å². The molecule has 0 spiro atoms. The Hall–Kier alpha value is -2.02. The Morgan fingerprint density at radius 1 is 1.41 bits per heavy atom. The van der Waals surface area contributed by atoms with Crippen LogP contribution in [0.15, 0.2) is 18.5 Å². The topological polar surface area (TPSA) is 81.6 Å². The van der Waals surface area contributed by atoms with Gasteiger partial charge in [0.25, 0.3) is 0 Å². The molecule has 0 amide bonds. The van der Waals surface area contributed by atoms with Gasteiger partial charge >= 0.3 is 0 Å². The van der Waals surface area contributed by atoms with Crippen LogP contribution in [0, 0.1) is 6.92 Å². The molecule has 0 aliphatic rings. The Morgan fingerprint density at radius 3 is 2.71 bits per heavy atom. The Balaban J connectivity index is 2.36. The van der Waals surface area contributed by atoms with Crippen molar-refractivity contribution >= 4 is 28.8 Å². The van der Waals surface area contributed by atoms with Crippen LogP contribution in [-0.4, -0.2) is 24.7 Å². The van der Waals surface area contributed by atoms with Crippen molar-refractivity contribution in [1.29, 1.82) is 0 Å². The maximum Gasteiger partial charge on any atom is 0.160 e. The number of nitrogens with one attached hydrogen (secondary N) is 1. The molecule has 7 heteroatoms. The Labute approximate surface area is 104 Å². The second kappa shape index (κ2) is 4.46. The van der Waals surface area contributed by atoms with E-state index in [4.69, 9.17) is 18.0 Å². The molecule has 2 aromatic rings. The number of hydrogen-bond donors (Lipinski definition) is 2. The lowest BCUT2D eigenvalue weighted by atomic mass is 10.4. The van der Waals surface area contributed by atoms with Gasteiger partial charge in [0.15, 0.2) is 5.82 Å². The van der Waals surface area contributed by atoms with Gasteiger partial charge in [0.1, 0.15) is 16.5 Å². The highest BCUT2D eigenvalue weighted by atomic mass is 32.1. The van der Waals surface area contributed by atoms with Gasteiger partial charge < -0.3 is 11.1 Å². The number of hydrogen-bond acceptors (Lipinski definition) is 5. The van der Waals surface area contributed by atoms with Crippen molar-refractivity contribution in [1.82, 2.24) is 19.7 Å². The standard InChI is InChI=1S/C10H12N6S/c1-6-5-7(16(2)15-6)14-10-8(9(11)17)12-3-4-13-10/h3-5H,1-2H3,(H2,11,17)(H,13,14). The summed E-state index contributed by atoms with van der Waals surface area (Å²) in [6, 6.07) is 1.90. The van der Waals surface area contributed by atoms with E-state index in [0.717, 1.165) is 11.5 Å². The van der Waals surface area contributed by atoms with Crippen molar-refractivity contribution < 1.29 is 0 Å². The summed E-state index contributed by atoms with van der Waals surface area (Å²) >= 11 is 4.92. The molecule has 0 aliphatic heterocycles. The number of aryl methyl sites for hydroxylation is 2. The first kappa shape index (κ1) is 11.5. The molecule has 3 N–H and O–H groups in total. The van der Waals surface area contributed by atoms with Crippen molar-refractivity contribution in [3.63, 3.8) is 0 Å². The van der Waals surface area contributed by atoms with E-state index in [0.29, 0.717) is 11.5 Å². The van der Waals surface area contributed by atoms with E-state index in [1.165, 1.54) is 0 Å². The lowest BCUT2D eigenvalue weighted by Gasteiger charge is -2.08. The lowest BCUT2D eigenvalue weighted by Crippen LogP contribution is -2.15. The number of nitrogens with two attached hydrogens (primary N) is 1. The van der Waals surface area contributed by atoms with Gasteiger partial charge in [-0.1, -0.05) is 12.2 Å². The molecule has 6 nitrogen and oxygen atoms in total. The van der Waals surface area contributed by atoms with Gasteiger partial charge in [0.05, 0.1) is 5.69 Å². The maximum atomic E-state index is 5.58. The first-order valence-corrected chi connectivity index (χ1v) is 5.37. The number of aromatic nitrogens is 4. The summed E-state index contributed by atoms with van der Waals surface area (Å²) in [4.78, 5) is 8.46. The summed E-state index contributed by atoms with van der Waals surface area (Å²) in [5.41, 5.74) is 6.96. The molecule has 0 aliphatic carbocycles. The van der Waals surface area contributed by atoms with E-state index >= 15 is 0 Å². The predicted octanol–water partition coefficient (Wildman–Crippen LogP) is 0.896. The molecule has 17 heavy (non-hydrogen) atoms. The summed E-state index contributed by atoms with van der Waals surface area (Å²) in [7, 11) is 1.84. The van der Waals surface area contributed by atoms with Crippen LogP contribution in [0.1, 0.15) is 11.4 Å². The minimum Gasteiger partial charge on any atom is -0.388 e. The Morgan fingerprint density at radius 2 is 2.12 bits per heavy atom. The second-order valence-corrected chi connectivity index (χ2v) is 3.98. The van der Waals surface area contributed by atoms with Gasteiger partial charge in [-0.05, 0) is 6.92 Å². The number of nitrogens with zero attached hydrogens (tertiary/aromatic N) is 4. The van der Waals surface area contributed by atoms with Crippen molar-refractivity contribution in [3.05, 3.63) is 29.8 Å². The van der Waals surface area contributed by atoms with Crippen molar-refractivity contribution in [2.75, 3.05) is 5.32 Å².